The van der Waals surface area contributed by atoms with E-state index in [-0.39, 0.29) is 17.3 Å². The molecular weight excluding hydrogens is 419 g/mol. The van der Waals surface area contributed by atoms with Gasteiger partial charge in [-0.3, -0.25) is 0 Å². The molecule has 170 valence electrons. The Balaban J connectivity index is 2.12. The SMILES string of the molecule is COCCOCCOc1c2c(c(C(C)C)c(CCl)c1-c1ccc(F)cc1)CC(C)(C)O2. The fraction of sp³-hybridized carbons (Fsp3) is 0.520. The fourth-order valence-electron chi connectivity index (χ4n) is 4.19. The maximum absolute atomic E-state index is 13.7. The summed E-state index contributed by atoms with van der Waals surface area (Å²) in [6.07, 6.45) is 0.782. The summed E-state index contributed by atoms with van der Waals surface area (Å²) >= 11 is 6.52. The van der Waals surface area contributed by atoms with Crippen LogP contribution in [-0.4, -0.2) is 39.1 Å². The highest BCUT2D eigenvalue weighted by atomic mass is 35.5. The summed E-state index contributed by atoms with van der Waals surface area (Å²) in [6.45, 7) is 10.3. The summed E-state index contributed by atoms with van der Waals surface area (Å²) in [5, 5.41) is 0. The lowest BCUT2D eigenvalue weighted by Crippen LogP contribution is -2.25. The molecule has 1 heterocycles. The minimum Gasteiger partial charge on any atom is -0.487 e. The maximum atomic E-state index is 13.7. The van der Waals surface area contributed by atoms with Crippen LogP contribution in [0.25, 0.3) is 11.1 Å². The molecule has 0 radical (unpaired) electrons. The summed E-state index contributed by atoms with van der Waals surface area (Å²) in [7, 11) is 1.64. The summed E-state index contributed by atoms with van der Waals surface area (Å²) in [5.74, 6) is 1.72. The lowest BCUT2D eigenvalue weighted by Gasteiger charge is -2.24. The van der Waals surface area contributed by atoms with E-state index in [0.29, 0.717) is 38.1 Å². The van der Waals surface area contributed by atoms with Gasteiger partial charge < -0.3 is 18.9 Å². The maximum Gasteiger partial charge on any atom is 0.169 e. The zero-order valence-electron chi connectivity index (χ0n) is 19.0. The molecule has 0 aliphatic carbocycles. The summed E-state index contributed by atoms with van der Waals surface area (Å²) in [4.78, 5) is 0. The summed E-state index contributed by atoms with van der Waals surface area (Å²) in [6, 6.07) is 6.44. The van der Waals surface area contributed by atoms with Gasteiger partial charge in [-0.05, 0) is 48.6 Å². The molecule has 1 aliphatic heterocycles. The molecule has 0 fully saturated rings. The molecule has 1 aliphatic rings. The van der Waals surface area contributed by atoms with E-state index in [1.165, 1.54) is 17.7 Å². The van der Waals surface area contributed by atoms with E-state index in [0.717, 1.165) is 34.4 Å². The lowest BCUT2D eigenvalue weighted by atomic mass is 9.84. The highest BCUT2D eigenvalue weighted by Crippen LogP contribution is 2.53. The predicted molar refractivity (Wildman–Crippen MR) is 122 cm³/mol. The molecule has 3 rings (SSSR count). The Morgan fingerprint density at radius 1 is 1.10 bits per heavy atom. The number of benzene rings is 2. The first kappa shape index (κ1) is 23.8. The monoisotopic (exact) mass is 450 g/mol. The number of hydrogen-bond donors (Lipinski definition) is 0. The van der Waals surface area contributed by atoms with Crippen molar-refractivity contribution in [1.29, 1.82) is 0 Å². The van der Waals surface area contributed by atoms with E-state index in [2.05, 4.69) is 27.7 Å². The minimum atomic E-state index is -0.343. The zero-order chi connectivity index (χ0) is 22.6. The second-order valence-corrected chi connectivity index (χ2v) is 8.96. The van der Waals surface area contributed by atoms with Crippen LogP contribution in [0.2, 0.25) is 0 Å². The number of methoxy groups -OCH3 is 1. The van der Waals surface area contributed by atoms with Crippen molar-refractivity contribution in [3.05, 3.63) is 46.8 Å². The first-order chi connectivity index (χ1) is 14.8. The molecule has 2 aromatic carbocycles. The van der Waals surface area contributed by atoms with Crippen molar-refractivity contribution < 1.29 is 23.3 Å². The largest absolute Gasteiger partial charge is 0.487 e. The first-order valence-corrected chi connectivity index (χ1v) is 11.2. The Kier molecular flexibility index (Phi) is 7.84. The van der Waals surface area contributed by atoms with Gasteiger partial charge in [-0.25, -0.2) is 4.39 Å². The van der Waals surface area contributed by atoms with Crippen LogP contribution in [-0.2, 0) is 21.8 Å². The van der Waals surface area contributed by atoms with Crippen LogP contribution in [0.15, 0.2) is 24.3 Å². The van der Waals surface area contributed by atoms with Gasteiger partial charge in [0.2, 0.25) is 0 Å². The Morgan fingerprint density at radius 3 is 2.39 bits per heavy atom. The van der Waals surface area contributed by atoms with Crippen LogP contribution in [0.3, 0.4) is 0 Å². The average Bonchev–Trinajstić information content (AvgIpc) is 3.04. The molecular formula is C25H32ClFO4. The van der Waals surface area contributed by atoms with Crippen LogP contribution in [0.5, 0.6) is 11.5 Å². The van der Waals surface area contributed by atoms with Gasteiger partial charge in [0.05, 0.1) is 19.8 Å². The standard InChI is InChI=1S/C25H32ClFO4/c1-16(2)21-19-14-25(3,4)31-23(19)24(30-13-12-29-11-10-28-5)22(20(21)15-26)17-6-8-18(27)9-7-17/h6-9,16H,10-15H2,1-5H3. The Morgan fingerprint density at radius 2 is 1.77 bits per heavy atom. The normalized spacial score (nSPS) is 14.6. The van der Waals surface area contributed by atoms with Crippen molar-refractivity contribution in [1.82, 2.24) is 0 Å². The van der Waals surface area contributed by atoms with Gasteiger partial charge >= 0.3 is 0 Å². The number of halogens is 2. The highest BCUT2D eigenvalue weighted by Gasteiger charge is 2.38. The van der Waals surface area contributed by atoms with Crippen molar-refractivity contribution in [2.75, 3.05) is 33.5 Å². The van der Waals surface area contributed by atoms with Gasteiger partial charge in [-0.15, -0.1) is 11.6 Å². The molecule has 0 N–H and O–H groups in total. The quantitative estimate of drug-likeness (QED) is 0.323. The lowest BCUT2D eigenvalue weighted by molar-refractivity contribution is 0.0532. The molecule has 0 unspecified atom stereocenters. The topological polar surface area (TPSA) is 36.9 Å². The van der Waals surface area contributed by atoms with Crippen molar-refractivity contribution in [2.45, 2.75) is 51.5 Å². The van der Waals surface area contributed by atoms with E-state index in [9.17, 15) is 4.39 Å². The van der Waals surface area contributed by atoms with Crippen molar-refractivity contribution in [3.8, 4) is 22.6 Å². The van der Waals surface area contributed by atoms with Crippen molar-refractivity contribution in [2.24, 2.45) is 0 Å². The van der Waals surface area contributed by atoms with Crippen molar-refractivity contribution in [3.63, 3.8) is 0 Å². The third kappa shape index (κ3) is 5.33. The molecule has 0 saturated heterocycles. The van der Waals surface area contributed by atoms with Crippen LogP contribution in [0, 0.1) is 5.82 Å². The number of hydrogen-bond acceptors (Lipinski definition) is 4. The van der Waals surface area contributed by atoms with Crippen LogP contribution < -0.4 is 9.47 Å². The van der Waals surface area contributed by atoms with E-state index < -0.39 is 0 Å². The van der Waals surface area contributed by atoms with Gasteiger partial charge in [-0.1, -0.05) is 26.0 Å². The van der Waals surface area contributed by atoms with Crippen molar-refractivity contribution >= 4 is 11.6 Å². The van der Waals surface area contributed by atoms with Gasteiger partial charge in [0, 0.05) is 30.5 Å². The molecule has 0 bridgehead atoms. The predicted octanol–water partition coefficient (Wildman–Crippen LogP) is 6.11. The van der Waals surface area contributed by atoms with E-state index >= 15 is 0 Å². The molecule has 0 aromatic heterocycles. The van der Waals surface area contributed by atoms with E-state index in [1.807, 2.05) is 0 Å². The number of alkyl halides is 1. The zero-order valence-corrected chi connectivity index (χ0v) is 19.8. The minimum absolute atomic E-state index is 0.255. The molecule has 31 heavy (non-hydrogen) atoms. The van der Waals surface area contributed by atoms with E-state index in [1.54, 1.807) is 19.2 Å². The van der Waals surface area contributed by atoms with Gasteiger partial charge in [-0.2, -0.15) is 0 Å². The van der Waals surface area contributed by atoms with Gasteiger partial charge in [0.1, 0.15) is 18.0 Å². The molecule has 4 nitrogen and oxygen atoms in total. The molecule has 0 saturated carbocycles. The van der Waals surface area contributed by atoms with Gasteiger partial charge in [0.25, 0.3) is 0 Å². The fourth-order valence-corrected chi connectivity index (χ4v) is 4.47. The second kappa shape index (κ2) is 10.2. The smallest absolute Gasteiger partial charge is 0.169 e. The Bertz CT molecular complexity index is 894. The van der Waals surface area contributed by atoms with E-state index in [4.69, 9.17) is 30.5 Å². The number of rotatable bonds is 10. The molecule has 2 aromatic rings. The summed E-state index contributed by atoms with van der Waals surface area (Å²) < 4.78 is 36.9. The summed E-state index contributed by atoms with van der Waals surface area (Å²) in [5.41, 5.74) is 4.73. The second-order valence-electron chi connectivity index (χ2n) is 8.69. The number of fused-ring (bicyclic) bond motifs is 1. The molecule has 0 amide bonds. The molecule has 0 atom stereocenters. The molecule has 0 spiro atoms. The number of ether oxygens (including phenoxy) is 4. The Labute approximate surface area is 189 Å². The van der Waals surface area contributed by atoms with Gasteiger partial charge in [0.15, 0.2) is 11.5 Å². The average molecular weight is 451 g/mol. The molecule has 6 heteroatoms. The van der Waals surface area contributed by atoms with Crippen LogP contribution >= 0.6 is 11.6 Å². The van der Waals surface area contributed by atoms with Crippen LogP contribution in [0.4, 0.5) is 4.39 Å². The third-order valence-corrected chi connectivity index (χ3v) is 5.66. The van der Waals surface area contributed by atoms with Crippen LogP contribution in [0.1, 0.15) is 50.3 Å². The third-order valence-electron chi connectivity index (χ3n) is 5.39. The highest BCUT2D eigenvalue weighted by molar-refractivity contribution is 6.17. The Hall–Kier alpha value is -1.82. The first-order valence-electron chi connectivity index (χ1n) is 10.7.